The van der Waals surface area contributed by atoms with E-state index in [2.05, 4.69) is 12.2 Å². The van der Waals surface area contributed by atoms with E-state index in [0.717, 1.165) is 12.8 Å². The van der Waals surface area contributed by atoms with E-state index in [1.54, 1.807) is 18.2 Å². The largest absolute Gasteiger partial charge is 0.493 e. The van der Waals surface area contributed by atoms with Crippen LogP contribution < -0.4 is 15.8 Å². The number of nitrogen functional groups attached to an aromatic ring is 1. The Balaban J connectivity index is 2.83. The number of hydrogen-bond donors (Lipinski definition) is 2. The van der Waals surface area contributed by atoms with Gasteiger partial charge in [-0.15, -0.1) is 0 Å². The molecule has 0 fully saturated rings. The molecule has 0 aliphatic carbocycles. The van der Waals surface area contributed by atoms with Crippen molar-refractivity contribution in [2.75, 3.05) is 18.9 Å². The molecule has 0 atom stereocenters. The second kappa shape index (κ2) is 6.78. The van der Waals surface area contributed by atoms with Crippen molar-refractivity contribution in [1.29, 1.82) is 0 Å². The maximum atomic E-state index is 11.8. The van der Waals surface area contributed by atoms with Crippen molar-refractivity contribution in [2.24, 2.45) is 0 Å². The van der Waals surface area contributed by atoms with Gasteiger partial charge in [-0.2, -0.15) is 0 Å². The molecule has 4 nitrogen and oxygen atoms in total. The standard InChI is InChI=1S/C13H20N2O2/c1-3-5-8-17-12-9-10(14)6-7-11(12)13(16)15-4-2/h6-7,9H,3-5,8,14H2,1-2H3,(H,15,16). The lowest BCUT2D eigenvalue weighted by atomic mass is 10.1. The lowest BCUT2D eigenvalue weighted by molar-refractivity contribution is 0.0951. The number of nitrogens with one attached hydrogen (secondary N) is 1. The highest BCUT2D eigenvalue weighted by atomic mass is 16.5. The van der Waals surface area contributed by atoms with E-state index in [0.29, 0.717) is 30.2 Å². The molecule has 1 aromatic rings. The summed E-state index contributed by atoms with van der Waals surface area (Å²) in [6, 6.07) is 5.10. The van der Waals surface area contributed by atoms with Gasteiger partial charge in [-0.05, 0) is 25.5 Å². The molecule has 17 heavy (non-hydrogen) atoms. The Morgan fingerprint density at radius 2 is 2.18 bits per heavy atom. The van der Waals surface area contributed by atoms with Crippen molar-refractivity contribution >= 4 is 11.6 Å². The first-order chi connectivity index (χ1) is 8.19. The van der Waals surface area contributed by atoms with Crippen LogP contribution in [0.5, 0.6) is 5.75 Å². The fourth-order valence-corrected chi connectivity index (χ4v) is 1.43. The van der Waals surface area contributed by atoms with Gasteiger partial charge in [0.15, 0.2) is 0 Å². The molecule has 0 bridgehead atoms. The lowest BCUT2D eigenvalue weighted by Gasteiger charge is -2.11. The molecule has 4 heteroatoms. The summed E-state index contributed by atoms with van der Waals surface area (Å²) in [7, 11) is 0. The van der Waals surface area contributed by atoms with Crippen LogP contribution in [0.3, 0.4) is 0 Å². The Bertz CT molecular complexity index is 378. The second-order valence-electron chi connectivity index (χ2n) is 3.82. The highest BCUT2D eigenvalue weighted by Gasteiger charge is 2.11. The Labute approximate surface area is 102 Å². The first kappa shape index (κ1) is 13.4. The fraction of sp³-hybridized carbons (Fsp3) is 0.462. The van der Waals surface area contributed by atoms with E-state index in [9.17, 15) is 4.79 Å². The molecular formula is C13H20N2O2. The molecule has 0 heterocycles. The third kappa shape index (κ3) is 3.98. The summed E-state index contributed by atoms with van der Waals surface area (Å²) in [5.41, 5.74) is 6.83. The van der Waals surface area contributed by atoms with Gasteiger partial charge in [0, 0.05) is 18.3 Å². The van der Waals surface area contributed by atoms with Crippen LogP contribution in [0.25, 0.3) is 0 Å². The summed E-state index contributed by atoms with van der Waals surface area (Å²) in [5, 5.41) is 2.75. The summed E-state index contributed by atoms with van der Waals surface area (Å²) in [6.45, 7) is 5.17. The normalized spacial score (nSPS) is 10.0. The van der Waals surface area contributed by atoms with Crippen molar-refractivity contribution < 1.29 is 9.53 Å². The van der Waals surface area contributed by atoms with Gasteiger partial charge in [-0.25, -0.2) is 0 Å². The monoisotopic (exact) mass is 236 g/mol. The average Bonchev–Trinajstić information content (AvgIpc) is 2.30. The smallest absolute Gasteiger partial charge is 0.255 e. The number of benzene rings is 1. The number of ether oxygens (including phenoxy) is 1. The minimum Gasteiger partial charge on any atom is -0.493 e. The number of nitrogens with two attached hydrogens (primary N) is 1. The molecule has 94 valence electrons. The van der Waals surface area contributed by atoms with Crippen LogP contribution in [0.2, 0.25) is 0 Å². The lowest BCUT2D eigenvalue weighted by Crippen LogP contribution is -2.23. The number of carbonyl (C=O) groups excluding carboxylic acids is 1. The van der Waals surface area contributed by atoms with Gasteiger partial charge in [-0.3, -0.25) is 4.79 Å². The number of anilines is 1. The van der Waals surface area contributed by atoms with Crippen molar-refractivity contribution in [3.05, 3.63) is 23.8 Å². The second-order valence-corrected chi connectivity index (χ2v) is 3.82. The predicted molar refractivity (Wildman–Crippen MR) is 69.3 cm³/mol. The van der Waals surface area contributed by atoms with Gasteiger partial charge in [-0.1, -0.05) is 13.3 Å². The maximum absolute atomic E-state index is 11.8. The van der Waals surface area contributed by atoms with Crippen LogP contribution in [0, 0.1) is 0 Å². The first-order valence-electron chi connectivity index (χ1n) is 5.99. The van der Waals surface area contributed by atoms with Crippen molar-refractivity contribution in [2.45, 2.75) is 26.7 Å². The Hall–Kier alpha value is -1.71. The molecule has 1 amide bonds. The molecule has 0 aromatic heterocycles. The minimum absolute atomic E-state index is 0.126. The number of amides is 1. The van der Waals surface area contributed by atoms with Crippen molar-refractivity contribution in [1.82, 2.24) is 5.32 Å². The Morgan fingerprint density at radius 1 is 1.41 bits per heavy atom. The first-order valence-corrected chi connectivity index (χ1v) is 5.99. The molecule has 1 aromatic carbocycles. The Morgan fingerprint density at radius 3 is 2.82 bits per heavy atom. The van der Waals surface area contributed by atoms with Crippen LogP contribution in [0.1, 0.15) is 37.0 Å². The van der Waals surface area contributed by atoms with Gasteiger partial charge >= 0.3 is 0 Å². The fourth-order valence-electron chi connectivity index (χ4n) is 1.43. The van der Waals surface area contributed by atoms with E-state index in [1.807, 2.05) is 6.92 Å². The summed E-state index contributed by atoms with van der Waals surface area (Å²) in [6.07, 6.45) is 2.02. The van der Waals surface area contributed by atoms with Crippen LogP contribution >= 0.6 is 0 Å². The summed E-state index contributed by atoms with van der Waals surface area (Å²) in [5.74, 6) is 0.434. The SMILES string of the molecule is CCCCOc1cc(N)ccc1C(=O)NCC. The summed E-state index contributed by atoms with van der Waals surface area (Å²) >= 11 is 0. The zero-order chi connectivity index (χ0) is 12.7. The van der Waals surface area contributed by atoms with E-state index in [4.69, 9.17) is 10.5 Å². The topological polar surface area (TPSA) is 64.3 Å². The number of rotatable bonds is 6. The highest BCUT2D eigenvalue weighted by Crippen LogP contribution is 2.22. The van der Waals surface area contributed by atoms with Gasteiger partial charge in [0.2, 0.25) is 0 Å². The van der Waals surface area contributed by atoms with Crippen molar-refractivity contribution in [3.63, 3.8) is 0 Å². The van der Waals surface area contributed by atoms with E-state index >= 15 is 0 Å². The molecule has 1 rings (SSSR count). The molecule has 0 spiro atoms. The maximum Gasteiger partial charge on any atom is 0.255 e. The van der Waals surface area contributed by atoms with Gasteiger partial charge in [0.25, 0.3) is 5.91 Å². The molecule has 0 aliphatic heterocycles. The number of hydrogen-bond acceptors (Lipinski definition) is 3. The summed E-state index contributed by atoms with van der Waals surface area (Å²) in [4.78, 5) is 11.8. The van der Waals surface area contributed by atoms with E-state index in [-0.39, 0.29) is 5.91 Å². The van der Waals surface area contributed by atoms with Gasteiger partial charge in [0.05, 0.1) is 12.2 Å². The molecule has 0 unspecified atom stereocenters. The quantitative estimate of drug-likeness (QED) is 0.588. The minimum atomic E-state index is -0.126. The van der Waals surface area contributed by atoms with Crippen LogP contribution in [-0.2, 0) is 0 Å². The number of carbonyl (C=O) groups is 1. The number of unbranched alkanes of at least 4 members (excludes halogenated alkanes) is 1. The van der Waals surface area contributed by atoms with Crippen LogP contribution in [0.15, 0.2) is 18.2 Å². The molecular weight excluding hydrogens is 216 g/mol. The van der Waals surface area contributed by atoms with Crippen molar-refractivity contribution in [3.8, 4) is 5.75 Å². The molecule has 0 saturated heterocycles. The zero-order valence-corrected chi connectivity index (χ0v) is 10.5. The summed E-state index contributed by atoms with van der Waals surface area (Å²) < 4.78 is 5.59. The molecule has 0 saturated carbocycles. The third-order valence-electron chi connectivity index (χ3n) is 2.34. The Kier molecular flexibility index (Phi) is 5.33. The van der Waals surface area contributed by atoms with Gasteiger partial charge < -0.3 is 15.8 Å². The molecule has 3 N–H and O–H groups in total. The van der Waals surface area contributed by atoms with E-state index < -0.39 is 0 Å². The third-order valence-corrected chi connectivity index (χ3v) is 2.34. The van der Waals surface area contributed by atoms with Crippen LogP contribution in [-0.4, -0.2) is 19.1 Å². The highest BCUT2D eigenvalue weighted by molar-refractivity contribution is 5.97. The molecule has 0 aliphatic rings. The average molecular weight is 236 g/mol. The zero-order valence-electron chi connectivity index (χ0n) is 10.5. The van der Waals surface area contributed by atoms with E-state index in [1.165, 1.54) is 0 Å². The molecule has 0 radical (unpaired) electrons. The van der Waals surface area contributed by atoms with Gasteiger partial charge in [0.1, 0.15) is 5.75 Å². The predicted octanol–water partition coefficient (Wildman–Crippen LogP) is 2.20. The van der Waals surface area contributed by atoms with Crippen LogP contribution in [0.4, 0.5) is 5.69 Å².